The van der Waals surface area contributed by atoms with Gasteiger partial charge < -0.3 is 29.2 Å². The van der Waals surface area contributed by atoms with Gasteiger partial charge in [0.15, 0.2) is 0 Å². The molecule has 1 aromatic heterocycles. The molecular weight excluding hydrogens is 428 g/mol. The summed E-state index contributed by atoms with van der Waals surface area (Å²) in [6.07, 6.45) is 3.75. The Morgan fingerprint density at radius 2 is 1.94 bits per heavy atom. The van der Waals surface area contributed by atoms with Gasteiger partial charge in [-0.25, -0.2) is 0 Å². The van der Waals surface area contributed by atoms with E-state index < -0.39 is 0 Å². The lowest BCUT2D eigenvalue weighted by molar-refractivity contribution is 0.0553. The van der Waals surface area contributed by atoms with Gasteiger partial charge in [0.05, 0.1) is 36.8 Å². The molecule has 5 rings (SSSR count). The fourth-order valence-electron chi connectivity index (χ4n) is 5.49. The minimum absolute atomic E-state index is 0.0568. The normalized spacial score (nSPS) is 20.9. The number of methoxy groups -OCH3 is 2. The Hall–Kier alpha value is -3.61. The smallest absolute Gasteiger partial charge is 0.254 e. The molecule has 0 aliphatic carbocycles. The molecule has 0 bridgehead atoms. The van der Waals surface area contributed by atoms with Crippen molar-refractivity contribution in [2.45, 2.75) is 31.3 Å². The molecule has 1 fully saturated rings. The molecule has 7 heteroatoms. The number of anilines is 2. The van der Waals surface area contributed by atoms with Crippen LogP contribution in [0.3, 0.4) is 0 Å². The Balaban J connectivity index is 1.43. The first-order chi connectivity index (χ1) is 16.4. The van der Waals surface area contributed by atoms with E-state index in [2.05, 4.69) is 47.3 Å². The molecule has 1 amide bonds. The van der Waals surface area contributed by atoms with Crippen molar-refractivity contribution >= 4 is 17.3 Å². The quantitative estimate of drug-likeness (QED) is 0.621. The number of benzene rings is 2. The number of fused-ring (bicyclic) bond motifs is 4. The second-order valence-electron chi connectivity index (χ2n) is 9.44. The standard InChI is InChI=1S/C27H32N4O3/c1-18-17-27(25-7-6-13-31(25)22-10-9-20(33-4)16-21(22)28-27)12-14-30(18)26(32)19-8-11-24(34-5)23(15-19)29(2)3/h6-11,13,15-16,18,28H,12,14,17H2,1-5H3/t18-,27+/m1/s1. The maximum absolute atomic E-state index is 13.6. The summed E-state index contributed by atoms with van der Waals surface area (Å²) in [6.45, 7) is 2.81. The first-order valence-electron chi connectivity index (χ1n) is 11.7. The molecule has 2 atom stereocenters. The summed E-state index contributed by atoms with van der Waals surface area (Å²) in [5, 5.41) is 3.84. The van der Waals surface area contributed by atoms with Crippen LogP contribution < -0.4 is 19.7 Å². The summed E-state index contributed by atoms with van der Waals surface area (Å²) >= 11 is 0. The van der Waals surface area contributed by atoms with Gasteiger partial charge in [0.25, 0.3) is 5.91 Å². The lowest BCUT2D eigenvalue weighted by atomic mass is 9.79. The predicted octanol–water partition coefficient (Wildman–Crippen LogP) is 4.51. The van der Waals surface area contributed by atoms with E-state index in [4.69, 9.17) is 9.47 Å². The van der Waals surface area contributed by atoms with Gasteiger partial charge in [-0.2, -0.15) is 0 Å². The molecule has 2 aromatic carbocycles. The largest absolute Gasteiger partial charge is 0.497 e. The maximum atomic E-state index is 13.6. The van der Waals surface area contributed by atoms with Crippen molar-refractivity contribution < 1.29 is 14.3 Å². The summed E-state index contributed by atoms with van der Waals surface area (Å²) in [7, 11) is 7.25. The molecule has 34 heavy (non-hydrogen) atoms. The number of nitrogens with zero attached hydrogens (tertiary/aromatic N) is 3. The highest BCUT2D eigenvalue weighted by atomic mass is 16.5. The third kappa shape index (κ3) is 3.47. The minimum atomic E-state index is -0.242. The Labute approximate surface area is 200 Å². The van der Waals surface area contributed by atoms with Crippen molar-refractivity contribution in [1.82, 2.24) is 9.47 Å². The molecule has 0 radical (unpaired) electrons. The number of hydrogen-bond acceptors (Lipinski definition) is 5. The number of carbonyl (C=O) groups excluding carboxylic acids is 1. The van der Waals surface area contributed by atoms with Crippen molar-refractivity contribution in [1.29, 1.82) is 0 Å². The molecule has 1 spiro atoms. The highest BCUT2D eigenvalue weighted by Gasteiger charge is 2.45. The second-order valence-corrected chi connectivity index (χ2v) is 9.44. The van der Waals surface area contributed by atoms with Crippen molar-refractivity contribution in [3.63, 3.8) is 0 Å². The van der Waals surface area contributed by atoms with Crippen molar-refractivity contribution in [3.05, 3.63) is 66.0 Å². The topological polar surface area (TPSA) is 59.0 Å². The molecule has 2 aliphatic heterocycles. The number of ether oxygens (including phenoxy) is 2. The second kappa shape index (κ2) is 8.31. The van der Waals surface area contributed by atoms with Crippen molar-refractivity contribution in [3.8, 4) is 17.2 Å². The summed E-state index contributed by atoms with van der Waals surface area (Å²) in [5.74, 6) is 1.64. The summed E-state index contributed by atoms with van der Waals surface area (Å²) in [5.41, 5.74) is 4.75. The van der Waals surface area contributed by atoms with Crippen LogP contribution in [-0.4, -0.2) is 56.3 Å². The highest BCUT2D eigenvalue weighted by Crippen LogP contribution is 2.46. The Kier molecular flexibility index (Phi) is 5.42. The van der Waals surface area contributed by atoms with Crippen LogP contribution >= 0.6 is 0 Å². The Morgan fingerprint density at radius 1 is 1.12 bits per heavy atom. The molecule has 0 unspecified atom stereocenters. The van der Waals surface area contributed by atoms with E-state index in [9.17, 15) is 4.79 Å². The van der Waals surface area contributed by atoms with Crippen LogP contribution in [0.5, 0.6) is 11.5 Å². The van der Waals surface area contributed by atoms with E-state index in [1.165, 1.54) is 5.69 Å². The lowest BCUT2D eigenvalue weighted by Crippen LogP contribution is -2.54. The van der Waals surface area contributed by atoms with Crippen LogP contribution in [0.25, 0.3) is 5.69 Å². The van der Waals surface area contributed by atoms with Gasteiger partial charge in [0.1, 0.15) is 11.5 Å². The lowest BCUT2D eigenvalue weighted by Gasteiger charge is -2.49. The van der Waals surface area contributed by atoms with Crippen LogP contribution in [0.1, 0.15) is 35.8 Å². The van der Waals surface area contributed by atoms with Gasteiger partial charge in [-0.15, -0.1) is 0 Å². The summed E-state index contributed by atoms with van der Waals surface area (Å²) < 4.78 is 13.2. The number of nitrogens with one attached hydrogen (secondary N) is 1. The van der Waals surface area contributed by atoms with Crippen LogP contribution in [-0.2, 0) is 5.54 Å². The van der Waals surface area contributed by atoms with Crippen LogP contribution in [0.15, 0.2) is 54.7 Å². The predicted molar refractivity (Wildman–Crippen MR) is 135 cm³/mol. The zero-order chi connectivity index (χ0) is 24.0. The molecule has 3 aromatic rings. The summed E-state index contributed by atoms with van der Waals surface area (Å²) in [4.78, 5) is 17.5. The fourth-order valence-corrected chi connectivity index (χ4v) is 5.49. The van der Waals surface area contributed by atoms with Gasteiger partial charge >= 0.3 is 0 Å². The third-order valence-corrected chi connectivity index (χ3v) is 7.20. The maximum Gasteiger partial charge on any atom is 0.254 e. The van der Waals surface area contributed by atoms with E-state index in [0.717, 1.165) is 41.4 Å². The monoisotopic (exact) mass is 460 g/mol. The molecule has 3 heterocycles. The molecule has 1 N–H and O–H groups in total. The third-order valence-electron chi connectivity index (χ3n) is 7.20. The van der Waals surface area contributed by atoms with Crippen LogP contribution in [0.2, 0.25) is 0 Å². The van der Waals surface area contributed by atoms with E-state index in [0.29, 0.717) is 12.1 Å². The fraction of sp³-hybridized carbons (Fsp3) is 0.370. The first-order valence-corrected chi connectivity index (χ1v) is 11.7. The number of aromatic nitrogens is 1. The number of carbonyl (C=O) groups is 1. The first kappa shape index (κ1) is 22.2. The van der Waals surface area contributed by atoms with Crippen molar-refractivity contribution in [2.24, 2.45) is 0 Å². The highest BCUT2D eigenvalue weighted by molar-refractivity contribution is 5.96. The Morgan fingerprint density at radius 3 is 2.65 bits per heavy atom. The number of rotatable bonds is 4. The molecule has 0 saturated carbocycles. The van der Waals surface area contributed by atoms with Gasteiger partial charge in [0, 0.05) is 50.2 Å². The van der Waals surface area contributed by atoms with Gasteiger partial charge in [-0.05, 0) is 62.2 Å². The van der Waals surface area contributed by atoms with Gasteiger partial charge in [-0.3, -0.25) is 4.79 Å². The molecule has 7 nitrogen and oxygen atoms in total. The summed E-state index contributed by atoms with van der Waals surface area (Å²) in [6, 6.07) is 16.1. The van der Waals surface area contributed by atoms with Crippen LogP contribution in [0, 0.1) is 0 Å². The zero-order valence-corrected chi connectivity index (χ0v) is 20.5. The van der Waals surface area contributed by atoms with E-state index in [1.54, 1.807) is 14.2 Å². The van der Waals surface area contributed by atoms with Crippen molar-refractivity contribution in [2.75, 3.05) is 45.1 Å². The molecular formula is C27H32N4O3. The average molecular weight is 461 g/mol. The van der Waals surface area contributed by atoms with Gasteiger partial charge in [-0.1, -0.05) is 0 Å². The minimum Gasteiger partial charge on any atom is -0.497 e. The number of amides is 1. The van der Waals surface area contributed by atoms with Gasteiger partial charge in [0.2, 0.25) is 0 Å². The van der Waals surface area contributed by atoms with E-state index >= 15 is 0 Å². The number of hydrogen-bond donors (Lipinski definition) is 1. The van der Waals surface area contributed by atoms with E-state index in [1.807, 2.05) is 48.2 Å². The SMILES string of the molecule is COc1ccc2c(c1)N[C@]1(CCN(C(=O)c3ccc(OC)c(N(C)C)c3)[C@H](C)C1)c1cccn1-2. The van der Waals surface area contributed by atoms with E-state index in [-0.39, 0.29) is 17.5 Å². The molecule has 1 saturated heterocycles. The molecule has 178 valence electrons. The molecule has 2 aliphatic rings. The average Bonchev–Trinajstić information content (AvgIpc) is 3.34. The zero-order valence-electron chi connectivity index (χ0n) is 20.5. The number of piperidine rings is 1. The Bertz CT molecular complexity index is 1230. The van der Waals surface area contributed by atoms with Crippen LogP contribution in [0.4, 0.5) is 11.4 Å². The number of likely N-dealkylation sites (tertiary alicyclic amines) is 1.